The van der Waals surface area contributed by atoms with Gasteiger partial charge >= 0.3 is 0 Å². The first kappa shape index (κ1) is 11.8. The Balaban J connectivity index is 2.04. The van der Waals surface area contributed by atoms with Crippen molar-refractivity contribution in [2.45, 2.75) is 6.61 Å². The fourth-order valence-electron chi connectivity index (χ4n) is 2.30. The fourth-order valence-corrected chi connectivity index (χ4v) is 2.30. The molecule has 0 aliphatic rings. The molecule has 4 N–H and O–H groups in total. The Morgan fingerprint density at radius 3 is 3.10 bits per heavy atom. The SMILES string of the molecule is COCc1nn(-c2ncnc3nc[nH]c23)c2n[nH]c(N)c12. The molecule has 0 spiro atoms. The Bertz CT molecular complexity index is 934. The number of ether oxygens (including phenoxy) is 1. The first-order valence-corrected chi connectivity index (χ1v) is 6.14. The first-order valence-electron chi connectivity index (χ1n) is 6.14. The van der Waals surface area contributed by atoms with Gasteiger partial charge in [0.15, 0.2) is 17.1 Å². The summed E-state index contributed by atoms with van der Waals surface area (Å²) < 4.78 is 6.75. The monoisotopic (exact) mass is 285 g/mol. The van der Waals surface area contributed by atoms with E-state index < -0.39 is 0 Å². The van der Waals surface area contributed by atoms with Crippen molar-refractivity contribution in [3.63, 3.8) is 0 Å². The minimum atomic E-state index is 0.324. The second-order valence-corrected chi connectivity index (χ2v) is 4.43. The van der Waals surface area contributed by atoms with Crippen LogP contribution in [-0.2, 0) is 11.3 Å². The van der Waals surface area contributed by atoms with Crippen molar-refractivity contribution >= 4 is 28.0 Å². The third kappa shape index (κ3) is 1.59. The van der Waals surface area contributed by atoms with Crippen LogP contribution in [-0.4, -0.2) is 47.0 Å². The third-order valence-corrected chi connectivity index (χ3v) is 3.17. The first-order chi connectivity index (χ1) is 10.3. The van der Waals surface area contributed by atoms with Gasteiger partial charge in [-0.25, -0.2) is 15.0 Å². The molecule has 4 heterocycles. The molecule has 0 aliphatic heterocycles. The summed E-state index contributed by atoms with van der Waals surface area (Å²) in [5.41, 5.74) is 8.40. The number of imidazole rings is 1. The maximum Gasteiger partial charge on any atom is 0.188 e. The van der Waals surface area contributed by atoms with E-state index in [0.717, 1.165) is 5.39 Å². The summed E-state index contributed by atoms with van der Waals surface area (Å²) in [4.78, 5) is 15.5. The van der Waals surface area contributed by atoms with E-state index in [1.54, 1.807) is 18.1 Å². The van der Waals surface area contributed by atoms with Gasteiger partial charge in [-0.15, -0.1) is 0 Å². The molecule has 0 aromatic carbocycles. The lowest BCUT2D eigenvalue weighted by Gasteiger charge is -2.01. The van der Waals surface area contributed by atoms with Gasteiger partial charge in [-0.3, -0.25) is 5.10 Å². The molecular weight excluding hydrogens is 274 g/mol. The Morgan fingerprint density at radius 2 is 2.24 bits per heavy atom. The zero-order valence-corrected chi connectivity index (χ0v) is 11.0. The van der Waals surface area contributed by atoms with Gasteiger partial charge in [-0.1, -0.05) is 0 Å². The minimum absolute atomic E-state index is 0.324. The van der Waals surface area contributed by atoms with Crippen LogP contribution in [0.25, 0.3) is 28.0 Å². The van der Waals surface area contributed by atoms with Crippen LogP contribution >= 0.6 is 0 Å². The van der Waals surface area contributed by atoms with E-state index in [0.29, 0.717) is 40.7 Å². The number of nitrogens with one attached hydrogen (secondary N) is 2. The Morgan fingerprint density at radius 1 is 1.33 bits per heavy atom. The molecule has 4 aromatic rings. The molecule has 106 valence electrons. The lowest BCUT2D eigenvalue weighted by atomic mass is 10.3. The Hall–Kier alpha value is -3.01. The van der Waals surface area contributed by atoms with Crippen molar-refractivity contribution in [3.05, 3.63) is 18.3 Å². The van der Waals surface area contributed by atoms with Crippen LogP contribution < -0.4 is 5.73 Å². The number of aromatic amines is 2. The summed E-state index contributed by atoms with van der Waals surface area (Å²) in [5.74, 6) is 0.995. The standard InChI is InChI=1S/C11H11N9O/c1-21-2-5-6-8(12)17-18-10(6)20(19-5)11-7-9(14-3-13-7)15-4-16-11/h3-4H,2H2,1H3,(H3,12,17,18)(H,13,14,15,16). The van der Waals surface area contributed by atoms with Gasteiger partial charge in [0, 0.05) is 7.11 Å². The van der Waals surface area contributed by atoms with E-state index in [-0.39, 0.29) is 0 Å². The molecule has 21 heavy (non-hydrogen) atoms. The van der Waals surface area contributed by atoms with Gasteiger partial charge in [0.1, 0.15) is 23.4 Å². The second-order valence-electron chi connectivity index (χ2n) is 4.43. The molecule has 4 aromatic heterocycles. The Kier molecular flexibility index (Phi) is 2.38. The second kappa shape index (κ2) is 4.24. The molecule has 0 aliphatic carbocycles. The Labute approximate surface area is 117 Å². The van der Waals surface area contributed by atoms with Crippen molar-refractivity contribution in [2.24, 2.45) is 0 Å². The summed E-state index contributed by atoms with van der Waals surface area (Å²) in [6.45, 7) is 0.324. The molecule has 0 amide bonds. The lowest BCUT2D eigenvalue weighted by molar-refractivity contribution is 0.182. The number of nitrogens with zero attached hydrogens (tertiary/aromatic N) is 6. The summed E-state index contributed by atoms with van der Waals surface area (Å²) >= 11 is 0. The van der Waals surface area contributed by atoms with Crippen LogP contribution in [0.5, 0.6) is 0 Å². The minimum Gasteiger partial charge on any atom is -0.383 e. The van der Waals surface area contributed by atoms with Gasteiger partial charge in [0.2, 0.25) is 0 Å². The number of methoxy groups -OCH3 is 1. The highest BCUT2D eigenvalue weighted by Crippen LogP contribution is 2.26. The zero-order valence-electron chi connectivity index (χ0n) is 11.0. The molecule has 0 saturated heterocycles. The number of fused-ring (bicyclic) bond motifs is 2. The van der Waals surface area contributed by atoms with Gasteiger partial charge in [0.05, 0.1) is 18.3 Å². The average molecular weight is 285 g/mol. The number of H-pyrrole nitrogens is 2. The van der Waals surface area contributed by atoms with Crippen LogP contribution in [0.15, 0.2) is 12.7 Å². The molecule has 0 fully saturated rings. The molecule has 0 saturated carbocycles. The van der Waals surface area contributed by atoms with Gasteiger partial charge in [-0.05, 0) is 0 Å². The molecule has 0 unspecified atom stereocenters. The van der Waals surface area contributed by atoms with Gasteiger partial charge in [-0.2, -0.15) is 14.9 Å². The summed E-state index contributed by atoms with van der Waals surface area (Å²) in [6.07, 6.45) is 2.98. The highest BCUT2D eigenvalue weighted by molar-refractivity contribution is 5.91. The van der Waals surface area contributed by atoms with Gasteiger partial charge in [0.25, 0.3) is 0 Å². The molecule has 0 atom stereocenters. The van der Waals surface area contributed by atoms with Crippen molar-refractivity contribution < 1.29 is 4.74 Å². The van der Waals surface area contributed by atoms with Crippen molar-refractivity contribution in [1.29, 1.82) is 0 Å². The van der Waals surface area contributed by atoms with Crippen LogP contribution in [0, 0.1) is 0 Å². The van der Waals surface area contributed by atoms with Gasteiger partial charge < -0.3 is 15.5 Å². The highest BCUT2D eigenvalue weighted by Gasteiger charge is 2.20. The molecular formula is C11H11N9O. The maximum atomic E-state index is 5.91. The van der Waals surface area contributed by atoms with E-state index in [1.807, 2.05) is 0 Å². The molecule has 0 radical (unpaired) electrons. The number of nitrogen functional groups attached to an aromatic ring is 1. The molecule has 4 rings (SSSR count). The topological polar surface area (TPSA) is 136 Å². The van der Waals surface area contributed by atoms with Crippen LogP contribution in [0.4, 0.5) is 5.82 Å². The van der Waals surface area contributed by atoms with Crippen molar-refractivity contribution in [3.8, 4) is 5.82 Å². The number of nitrogens with two attached hydrogens (primary N) is 1. The third-order valence-electron chi connectivity index (χ3n) is 3.17. The summed E-state index contributed by atoms with van der Waals surface area (Å²) in [6, 6.07) is 0. The predicted molar refractivity (Wildman–Crippen MR) is 73.6 cm³/mol. The average Bonchev–Trinajstić information content (AvgIpc) is 3.17. The normalized spacial score (nSPS) is 11.7. The maximum absolute atomic E-state index is 5.91. The molecule has 0 bridgehead atoms. The fraction of sp³-hybridized carbons (Fsp3) is 0.182. The van der Waals surface area contributed by atoms with Crippen molar-refractivity contribution in [2.75, 3.05) is 12.8 Å². The molecule has 10 nitrogen and oxygen atoms in total. The summed E-state index contributed by atoms with van der Waals surface area (Å²) in [7, 11) is 1.60. The number of aromatic nitrogens is 8. The number of hydrogen-bond acceptors (Lipinski definition) is 7. The number of rotatable bonds is 3. The van der Waals surface area contributed by atoms with E-state index >= 15 is 0 Å². The molecule has 10 heteroatoms. The highest BCUT2D eigenvalue weighted by atomic mass is 16.5. The summed E-state index contributed by atoms with van der Waals surface area (Å²) in [5, 5.41) is 12.2. The number of hydrogen-bond donors (Lipinski definition) is 3. The van der Waals surface area contributed by atoms with E-state index in [2.05, 4.69) is 35.2 Å². The smallest absolute Gasteiger partial charge is 0.188 e. The lowest BCUT2D eigenvalue weighted by Crippen LogP contribution is -2.03. The largest absolute Gasteiger partial charge is 0.383 e. The van der Waals surface area contributed by atoms with Crippen LogP contribution in [0.1, 0.15) is 5.69 Å². The zero-order chi connectivity index (χ0) is 14.4. The van der Waals surface area contributed by atoms with E-state index in [1.165, 1.54) is 6.33 Å². The number of anilines is 1. The van der Waals surface area contributed by atoms with Crippen LogP contribution in [0.2, 0.25) is 0 Å². The van der Waals surface area contributed by atoms with E-state index in [4.69, 9.17) is 10.5 Å². The van der Waals surface area contributed by atoms with E-state index in [9.17, 15) is 0 Å². The predicted octanol–water partition coefficient (Wildman–Crippen LogP) is 0.143. The van der Waals surface area contributed by atoms with Crippen LogP contribution in [0.3, 0.4) is 0 Å². The quantitative estimate of drug-likeness (QED) is 0.487. The van der Waals surface area contributed by atoms with Crippen molar-refractivity contribution in [1.82, 2.24) is 39.9 Å².